The zero-order valence-electron chi connectivity index (χ0n) is 11.0. The summed E-state index contributed by atoms with van der Waals surface area (Å²) < 4.78 is 23.0. The Morgan fingerprint density at radius 3 is 2.35 bits per heavy atom. The van der Waals surface area contributed by atoms with Gasteiger partial charge in [0.25, 0.3) is 0 Å². The molecule has 2 aromatic carbocycles. The summed E-state index contributed by atoms with van der Waals surface area (Å²) >= 11 is 0. The molecule has 0 aliphatic carbocycles. The maximum absolute atomic E-state index is 13.6. The highest BCUT2D eigenvalue weighted by Gasteiger charge is 2.14. The van der Waals surface area contributed by atoms with E-state index < -0.39 is 11.8 Å². The van der Waals surface area contributed by atoms with Gasteiger partial charge in [-0.2, -0.15) is 0 Å². The number of phenolic OH excluding ortho intramolecular Hbond substituents is 1. The van der Waals surface area contributed by atoms with Crippen LogP contribution in [0.5, 0.6) is 11.5 Å². The summed E-state index contributed by atoms with van der Waals surface area (Å²) in [5.41, 5.74) is 1.07. The highest BCUT2D eigenvalue weighted by atomic mass is 19.1. The van der Waals surface area contributed by atoms with Gasteiger partial charge in [0, 0.05) is 0 Å². The van der Waals surface area contributed by atoms with Crippen LogP contribution < -0.4 is 4.74 Å². The molecule has 0 bridgehead atoms. The Hall–Kier alpha value is -2.56. The second-order valence-corrected chi connectivity index (χ2v) is 4.07. The van der Waals surface area contributed by atoms with Crippen LogP contribution in [-0.2, 0) is 4.74 Å². The van der Waals surface area contributed by atoms with Gasteiger partial charge in [-0.3, -0.25) is 0 Å². The van der Waals surface area contributed by atoms with Gasteiger partial charge in [0.15, 0.2) is 11.5 Å². The first-order valence-electron chi connectivity index (χ1n) is 5.82. The lowest BCUT2D eigenvalue weighted by atomic mass is 10.0. The summed E-state index contributed by atoms with van der Waals surface area (Å²) in [6.45, 7) is 0. The first-order chi connectivity index (χ1) is 9.56. The summed E-state index contributed by atoms with van der Waals surface area (Å²) in [7, 11) is 2.63. The first kappa shape index (κ1) is 13.9. The van der Waals surface area contributed by atoms with Gasteiger partial charge in [-0.25, -0.2) is 9.18 Å². The largest absolute Gasteiger partial charge is 0.504 e. The number of benzene rings is 2. The van der Waals surface area contributed by atoms with E-state index in [1.54, 1.807) is 12.1 Å². The minimum absolute atomic E-state index is 0.0334. The lowest BCUT2D eigenvalue weighted by Crippen LogP contribution is -2.04. The molecule has 5 heteroatoms. The number of phenols is 1. The van der Waals surface area contributed by atoms with E-state index in [4.69, 9.17) is 4.74 Å². The molecule has 0 aliphatic heterocycles. The first-order valence-corrected chi connectivity index (χ1v) is 5.82. The van der Waals surface area contributed by atoms with Crippen molar-refractivity contribution >= 4 is 5.97 Å². The van der Waals surface area contributed by atoms with Crippen LogP contribution in [0.4, 0.5) is 4.39 Å². The van der Waals surface area contributed by atoms with Crippen LogP contribution in [0, 0.1) is 5.82 Å². The Balaban J connectivity index is 2.48. The molecule has 0 aliphatic rings. The van der Waals surface area contributed by atoms with Gasteiger partial charge in [-0.05, 0) is 35.4 Å². The maximum atomic E-state index is 13.6. The predicted molar refractivity (Wildman–Crippen MR) is 71.4 cm³/mol. The van der Waals surface area contributed by atoms with Crippen LogP contribution in [0.25, 0.3) is 11.1 Å². The normalized spacial score (nSPS) is 10.2. The van der Waals surface area contributed by atoms with E-state index in [1.165, 1.54) is 38.5 Å². The molecule has 0 heterocycles. The summed E-state index contributed by atoms with van der Waals surface area (Å²) in [5, 5.41) is 9.74. The number of methoxy groups -OCH3 is 2. The second-order valence-electron chi connectivity index (χ2n) is 4.07. The van der Waals surface area contributed by atoms with E-state index in [-0.39, 0.29) is 11.3 Å². The van der Waals surface area contributed by atoms with Crippen molar-refractivity contribution in [3.8, 4) is 22.6 Å². The summed E-state index contributed by atoms with van der Waals surface area (Å²) in [4.78, 5) is 11.5. The van der Waals surface area contributed by atoms with Crippen molar-refractivity contribution in [1.82, 2.24) is 0 Å². The molecule has 20 heavy (non-hydrogen) atoms. The van der Waals surface area contributed by atoms with Crippen LogP contribution in [0.3, 0.4) is 0 Å². The number of carbonyl (C=O) groups excluding carboxylic acids is 1. The van der Waals surface area contributed by atoms with Gasteiger partial charge >= 0.3 is 5.97 Å². The summed E-state index contributed by atoms with van der Waals surface area (Å²) in [5.74, 6) is -1.10. The third-order valence-corrected chi connectivity index (χ3v) is 2.88. The van der Waals surface area contributed by atoms with Gasteiger partial charge in [0.05, 0.1) is 19.8 Å². The molecule has 0 fully saturated rings. The van der Waals surface area contributed by atoms with E-state index in [0.717, 1.165) is 0 Å². The number of esters is 1. The predicted octanol–water partition coefficient (Wildman–Crippen LogP) is 2.99. The molecular weight excluding hydrogens is 263 g/mol. The fourth-order valence-corrected chi connectivity index (χ4v) is 1.84. The highest BCUT2D eigenvalue weighted by Crippen LogP contribution is 2.32. The molecule has 0 aromatic heterocycles. The third kappa shape index (κ3) is 2.56. The van der Waals surface area contributed by atoms with E-state index in [1.807, 2.05) is 0 Å². The standard InChI is InChI=1S/C15H13FO4/c1-19-14-6-4-10(8-13(14)17)9-3-5-12(16)11(7-9)15(18)20-2/h3-8,17H,1-2H3. The molecule has 2 rings (SSSR count). The van der Waals surface area contributed by atoms with Crippen molar-refractivity contribution < 1.29 is 23.8 Å². The van der Waals surface area contributed by atoms with E-state index in [0.29, 0.717) is 16.9 Å². The molecule has 0 saturated heterocycles. The maximum Gasteiger partial charge on any atom is 0.340 e. The highest BCUT2D eigenvalue weighted by molar-refractivity contribution is 5.91. The number of rotatable bonds is 3. The fourth-order valence-electron chi connectivity index (χ4n) is 1.84. The van der Waals surface area contributed by atoms with Gasteiger partial charge in [-0.1, -0.05) is 12.1 Å². The topological polar surface area (TPSA) is 55.8 Å². The van der Waals surface area contributed by atoms with Crippen molar-refractivity contribution in [2.24, 2.45) is 0 Å². The SMILES string of the molecule is COC(=O)c1cc(-c2ccc(OC)c(O)c2)ccc1F. The Labute approximate surface area is 115 Å². The number of carbonyl (C=O) groups is 1. The van der Waals surface area contributed by atoms with Crippen LogP contribution >= 0.6 is 0 Å². The molecule has 0 atom stereocenters. The number of hydrogen-bond donors (Lipinski definition) is 1. The number of ether oxygens (including phenoxy) is 2. The van der Waals surface area contributed by atoms with Crippen LogP contribution in [-0.4, -0.2) is 25.3 Å². The molecule has 0 spiro atoms. The molecule has 0 radical (unpaired) electrons. The smallest absolute Gasteiger partial charge is 0.340 e. The van der Waals surface area contributed by atoms with Crippen molar-refractivity contribution in [3.05, 3.63) is 47.8 Å². The monoisotopic (exact) mass is 276 g/mol. The van der Waals surface area contributed by atoms with Crippen molar-refractivity contribution in [2.75, 3.05) is 14.2 Å². The van der Waals surface area contributed by atoms with E-state index in [2.05, 4.69) is 4.74 Å². The summed E-state index contributed by atoms with van der Waals surface area (Å²) in [6, 6.07) is 8.85. The van der Waals surface area contributed by atoms with Crippen LogP contribution in [0.2, 0.25) is 0 Å². The van der Waals surface area contributed by atoms with Gasteiger partial charge in [0.2, 0.25) is 0 Å². The molecular formula is C15H13FO4. The van der Waals surface area contributed by atoms with Crippen molar-refractivity contribution in [2.45, 2.75) is 0 Å². The molecule has 0 amide bonds. The van der Waals surface area contributed by atoms with Crippen molar-refractivity contribution in [1.29, 1.82) is 0 Å². The zero-order valence-corrected chi connectivity index (χ0v) is 11.0. The Kier molecular flexibility index (Phi) is 3.89. The minimum atomic E-state index is -0.748. The average molecular weight is 276 g/mol. The fraction of sp³-hybridized carbons (Fsp3) is 0.133. The molecule has 104 valence electrons. The third-order valence-electron chi connectivity index (χ3n) is 2.88. The summed E-state index contributed by atoms with van der Waals surface area (Å²) in [6.07, 6.45) is 0. The number of aromatic hydroxyl groups is 1. The second kappa shape index (κ2) is 5.61. The van der Waals surface area contributed by atoms with Gasteiger partial charge in [0.1, 0.15) is 5.82 Å². The Morgan fingerprint density at radius 1 is 1.10 bits per heavy atom. The van der Waals surface area contributed by atoms with Gasteiger partial charge < -0.3 is 14.6 Å². The molecule has 2 aromatic rings. The Morgan fingerprint density at radius 2 is 1.75 bits per heavy atom. The lowest BCUT2D eigenvalue weighted by Gasteiger charge is -2.08. The number of hydrogen-bond acceptors (Lipinski definition) is 4. The molecule has 0 saturated carbocycles. The molecule has 1 N–H and O–H groups in total. The quantitative estimate of drug-likeness (QED) is 0.876. The van der Waals surface area contributed by atoms with E-state index in [9.17, 15) is 14.3 Å². The Bertz CT molecular complexity index is 652. The minimum Gasteiger partial charge on any atom is -0.504 e. The van der Waals surface area contributed by atoms with Gasteiger partial charge in [-0.15, -0.1) is 0 Å². The molecule has 4 nitrogen and oxygen atoms in total. The number of halogens is 1. The lowest BCUT2D eigenvalue weighted by molar-refractivity contribution is 0.0595. The van der Waals surface area contributed by atoms with E-state index >= 15 is 0 Å². The molecule has 0 unspecified atom stereocenters. The van der Waals surface area contributed by atoms with Crippen LogP contribution in [0.1, 0.15) is 10.4 Å². The zero-order chi connectivity index (χ0) is 14.7. The van der Waals surface area contributed by atoms with Crippen LogP contribution in [0.15, 0.2) is 36.4 Å². The average Bonchev–Trinajstić information content (AvgIpc) is 2.47. The van der Waals surface area contributed by atoms with Crippen molar-refractivity contribution in [3.63, 3.8) is 0 Å².